The number of hydrogen-bond acceptors (Lipinski definition) is 4. The zero-order valence-electron chi connectivity index (χ0n) is 9.78. The van der Waals surface area contributed by atoms with Crippen LogP contribution in [0.3, 0.4) is 0 Å². The van der Waals surface area contributed by atoms with Crippen LogP contribution in [0.2, 0.25) is 5.02 Å². The zero-order valence-corrected chi connectivity index (χ0v) is 11.4. The quantitative estimate of drug-likeness (QED) is 0.884. The standard InChI is InChI=1S/C12H12ClNO4S/c13-9-3-5-10(6-4-9)19(16,17)14-11(8-15)12-2-1-7-18-12/h1-7,11,14-15H,8H2. The first-order valence-electron chi connectivity index (χ1n) is 5.45. The highest BCUT2D eigenvalue weighted by atomic mass is 35.5. The summed E-state index contributed by atoms with van der Waals surface area (Å²) in [6.45, 7) is -0.402. The molecule has 1 unspecified atom stereocenters. The Morgan fingerprint density at radius 2 is 1.95 bits per heavy atom. The predicted molar refractivity (Wildman–Crippen MR) is 70.3 cm³/mol. The minimum atomic E-state index is -3.74. The molecule has 7 heteroatoms. The molecule has 0 aliphatic rings. The number of aliphatic hydroxyl groups is 1. The fraction of sp³-hybridized carbons (Fsp3) is 0.167. The summed E-state index contributed by atoms with van der Waals surface area (Å²) in [6.07, 6.45) is 1.41. The average molecular weight is 302 g/mol. The van der Waals surface area contributed by atoms with Gasteiger partial charge < -0.3 is 9.52 Å². The number of furan rings is 1. The van der Waals surface area contributed by atoms with Crippen molar-refractivity contribution in [3.63, 3.8) is 0 Å². The molecule has 0 bridgehead atoms. The second kappa shape index (κ2) is 5.75. The number of halogens is 1. The van der Waals surface area contributed by atoms with E-state index < -0.39 is 22.7 Å². The van der Waals surface area contributed by atoms with Crippen molar-refractivity contribution >= 4 is 21.6 Å². The lowest BCUT2D eigenvalue weighted by Crippen LogP contribution is -2.30. The van der Waals surface area contributed by atoms with Crippen molar-refractivity contribution in [1.29, 1.82) is 0 Å². The van der Waals surface area contributed by atoms with Crippen molar-refractivity contribution < 1.29 is 17.9 Å². The van der Waals surface area contributed by atoms with Crippen molar-refractivity contribution in [1.82, 2.24) is 4.72 Å². The van der Waals surface area contributed by atoms with Crippen molar-refractivity contribution in [2.45, 2.75) is 10.9 Å². The Bertz CT molecular complexity index is 622. The first-order chi connectivity index (χ1) is 9.03. The minimum absolute atomic E-state index is 0.0712. The van der Waals surface area contributed by atoms with Gasteiger partial charge in [-0.3, -0.25) is 0 Å². The zero-order chi connectivity index (χ0) is 13.9. The van der Waals surface area contributed by atoms with E-state index in [4.69, 9.17) is 16.0 Å². The van der Waals surface area contributed by atoms with Crippen LogP contribution in [0.15, 0.2) is 52.0 Å². The van der Waals surface area contributed by atoms with Gasteiger partial charge in [0.05, 0.1) is 17.8 Å². The fourth-order valence-corrected chi connectivity index (χ4v) is 2.87. The van der Waals surface area contributed by atoms with Crippen LogP contribution in [0.25, 0.3) is 0 Å². The topological polar surface area (TPSA) is 79.5 Å². The molecule has 1 heterocycles. The monoisotopic (exact) mass is 301 g/mol. The number of benzene rings is 1. The Kier molecular flexibility index (Phi) is 4.26. The predicted octanol–water partition coefficient (Wildman–Crippen LogP) is 1.94. The average Bonchev–Trinajstić information content (AvgIpc) is 2.90. The molecule has 2 aromatic rings. The van der Waals surface area contributed by atoms with Crippen LogP contribution in [0.5, 0.6) is 0 Å². The molecule has 0 radical (unpaired) electrons. The molecule has 0 spiro atoms. The van der Waals surface area contributed by atoms with Gasteiger partial charge in [-0.05, 0) is 36.4 Å². The van der Waals surface area contributed by atoms with E-state index in [0.29, 0.717) is 10.8 Å². The molecule has 0 saturated heterocycles. The largest absolute Gasteiger partial charge is 0.468 e. The molecule has 102 valence electrons. The third-order valence-electron chi connectivity index (χ3n) is 2.49. The third kappa shape index (κ3) is 3.36. The highest BCUT2D eigenvalue weighted by Gasteiger charge is 2.22. The number of rotatable bonds is 5. The van der Waals surface area contributed by atoms with Crippen LogP contribution in [-0.2, 0) is 10.0 Å². The molecule has 2 rings (SSSR count). The van der Waals surface area contributed by atoms with E-state index in [1.54, 1.807) is 12.1 Å². The summed E-state index contributed by atoms with van der Waals surface area (Å²) in [6, 6.07) is 8.13. The molecular formula is C12H12ClNO4S. The summed E-state index contributed by atoms with van der Waals surface area (Å²) in [5.41, 5.74) is 0. The Balaban J connectivity index is 2.23. The van der Waals surface area contributed by atoms with E-state index in [0.717, 1.165) is 0 Å². The van der Waals surface area contributed by atoms with Crippen LogP contribution in [0.4, 0.5) is 0 Å². The smallest absolute Gasteiger partial charge is 0.241 e. The summed E-state index contributed by atoms with van der Waals surface area (Å²) in [4.78, 5) is 0.0712. The van der Waals surface area contributed by atoms with E-state index >= 15 is 0 Å². The molecule has 0 amide bonds. The van der Waals surface area contributed by atoms with Gasteiger partial charge in [0.2, 0.25) is 10.0 Å². The summed E-state index contributed by atoms with van der Waals surface area (Å²) in [5.74, 6) is 0.347. The molecule has 19 heavy (non-hydrogen) atoms. The molecule has 1 aromatic heterocycles. The van der Waals surface area contributed by atoms with Gasteiger partial charge in [-0.1, -0.05) is 11.6 Å². The van der Waals surface area contributed by atoms with Gasteiger partial charge in [0.25, 0.3) is 0 Å². The van der Waals surface area contributed by atoms with E-state index in [2.05, 4.69) is 4.72 Å². The summed E-state index contributed by atoms with van der Waals surface area (Å²) < 4.78 is 31.6. The van der Waals surface area contributed by atoms with E-state index in [-0.39, 0.29) is 4.90 Å². The normalized spacial score (nSPS) is 13.4. The fourth-order valence-electron chi connectivity index (χ4n) is 1.54. The summed E-state index contributed by atoms with van der Waals surface area (Å²) in [7, 11) is -3.74. The van der Waals surface area contributed by atoms with E-state index in [9.17, 15) is 13.5 Å². The van der Waals surface area contributed by atoms with Crippen LogP contribution in [-0.4, -0.2) is 20.1 Å². The lowest BCUT2D eigenvalue weighted by molar-refractivity contribution is 0.242. The maximum atomic E-state index is 12.1. The van der Waals surface area contributed by atoms with Crippen molar-refractivity contribution in [2.75, 3.05) is 6.61 Å². The summed E-state index contributed by atoms with van der Waals surface area (Å²) >= 11 is 5.71. The molecule has 1 aromatic carbocycles. The number of hydrogen-bond donors (Lipinski definition) is 2. The molecule has 2 N–H and O–H groups in total. The summed E-state index contributed by atoms with van der Waals surface area (Å²) in [5, 5.41) is 9.69. The molecule has 0 aliphatic carbocycles. The number of nitrogens with one attached hydrogen (secondary N) is 1. The van der Waals surface area contributed by atoms with Gasteiger partial charge in [-0.15, -0.1) is 0 Å². The Hall–Kier alpha value is -1.34. The molecule has 0 fully saturated rings. The van der Waals surface area contributed by atoms with Crippen molar-refractivity contribution in [3.05, 3.63) is 53.4 Å². The van der Waals surface area contributed by atoms with Crippen molar-refractivity contribution in [2.24, 2.45) is 0 Å². The molecule has 5 nitrogen and oxygen atoms in total. The lowest BCUT2D eigenvalue weighted by atomic mass is 10.2. The van der Waals surface area contributed by atoms with Crippen LogP contribution in [0, 0.1) is 0 Å². The van der Waals surface area contributed by atoms with Crippen LogP contribution in [0.1, 0.15) is 11.8 Å². The minimum Gasteiger partial charge on any atom is -0.468 e. The second-order valence-electron chi connectivity index (χ2n) is 3.83. The van der Waals surface area contributed by atoms with Gasteiger partial charge in [0.1, 0.15) is 11.8 Å². The molecule has 1 atom stereocenters. The SMILES string of the molecule is O=S(=O)(NC(CO)c1ccco1)c1ccc(Cl)cc1. The lowest BCUT2D eigenvalue weighted by Gasteiger charge is -2.14. The van der Waals surface area contributed by atoms with E-state index in [1.807, 2.05) is 0 Å². The second-order valence-corrected chi connectivity index (χ2v) is 5.98. The Labute approximate surface area is 115 Å². The first-order valence-corrected chi connectivity index (χ1v) is 7.31. The number of aliphatic hydroxyl groups excluding tert-OH is 1. The van der Waals surface area contributed by atoms with Crippen LogP contribution >= 0.6 is 11.6 Å². The maximum Gasteiger partial charge on any atom is 0.241 e. The molecule has 0 saturated carbocycles. The molecule has 0 aliphatic heterocycles. The Morgan fingerprint density at radius 3 is 2.47 bits per heavy atom. The van der Waals surface area contributed by atoms with E-state index in [1.165, 1.54) is 30.5 Å². The van der Waals surface area contributed by atoms with Crippen molar-refractivity contribution in [3.8, 4) is 0 Å². The third-order valence-corrected chi connectivity index (χ3v) is 4.23. The molecular weight excluding hydrogens is 290 g/mol. The maximum absolute atomic E-state index is 12.1. The van der Waals surface area contributed by atoms with Gasteiger partial charge in [0, 0.05) is 5.02 Å². The van der Waals surface area contributed by atoms with Gasteiger partial charge in [0.15, 0.2) is 0 Å². The number of sulfonamides is 1. The van der Waals surface area contributed by atoms with Gasteiger partial charge in [-0.2, -0.15) is 4.72 Å². The highest BCUT2D eigenvalue weighted by molar-refractivity contribution is 7.89. The van der Waals surface area contributed by atoms with Gasteiger partial charge >= 0.3 is 0 Å². The van der Waals surface area contributed by atoms with Crippen LogP contribution < -0.4 is 4.72 Å². The first kappa shape index (κ1) is 14.1. The highest BCUT2D eigenvalue weighted by Crippen LogP contribution is 2.18. The van der Waals surface area contributed by atoms with Gasteiger partial charge in [-0.25, -0.2) is 8.42 Å². The Morgan fingerprint density at radius 1 is 1.26 bits per heavy atom.